The summed E-state index contributed by atoms with van der Waals surface area (Å²) in [7, 11) is 0. The van der Waals surface area contributed by atoms with Crippen molar-refractivity contribution in [3.63, 3.8) is 0 Å². The monoisotopic (exact) mass is 471 g/mol. The van der Waals surface area contributed by atoms with Crippen LogP contribution in [0.25, 0.3) is 0 Å². The van der Waals surface area contributed by atoms with E-state index in [-0.39, 0.29) is 18.0 Å². The Balaban J connectivity index is 1.28. The number of carbonyl (C=O) groups excluding carboxylic acids is 1. The van der Waals surface area contributed by atoms with Gasteiger partial charge in [0, 0.05) is 12.8 Å². The third-order valence-corrected chi connectivity index (χ3v) is 9.17. The van der Waals surface area contributed by atoms with Gasteiger partial charge in [-0.25, -0.2) is 4.68 Å². The summed E-state index contributed by atoms with van der Waals surface area (Å²) in [6.45, 7) is 2.05. The van der Waals surface area contributed by atoms with Crippen LogP contribution in [0.4, 0.5) is 19.0 Å². The molecule has 4 saturated carbocycles. The van der Waals surface area contributed by atoms with Crippen LogP contribution >= 0.6 is 0 Å². The number of alkyl halides is 3. The first kappa shape index (κ1) is 22.2. The molecule has 0 amide bonds. The van der Waals surface area contributed by atoms with Crippen LogP contribution in [0.5, 0.6) is 0 Å². The summed E-state index contributed by atoms with van der Waals surface area (Å²) >= 11 is 0. The highest BCUT2D eigenvalue weighted by Gasteiger charge is 2.50. The van der Waals surface area contributed by atoms with Crippen LogP contribution in [-0.4, -0.2) is 21.7 Å². The van der Waals surface area contributed by atoms with Gasteiger partial charge in [0.25, 0.3) is 0 Å². The maximum atomic E-state index is 14.0. The number of aromatic nitrogens is 2. The number of nitrogens with zero attached hydrogens (tertiary/aromatic N) is 2. The fourth-order valence-corrected chi connectivity index (χ4v) is 7.67. The highest BCUT2D eigenvalue weighted by atomic mass is 19.4. The molecule has 2 atom stereocenters. The molecule has 1 aliphatic heterocycles. The maximum absolute atomic E-state index is 14.0. The second kappa shape index (κ2) is 8.13. The average Bonchev–Trinajstić information content (AvgIpc) is 3.23. The molecule has 1 aromatic heterocycles. The summed E-state index contributed by atoms with van der Waals surface area (Å²) in [6, 6.07) is 5.45. The van der Waals surface area contributed by atoms with E-state index < -0.39 is 18.3 Å². The second-order valence-corrected chi connectivity index (χ2v) is 11.2. The number of carbonyl (C=O) groups is 1. The Kier molecular flexibility index (Phi) is 5.30. The van der Waals surface area contributed by atoms with Gasteiger partial charge in [-0.1, -0.05) is 31.2 Å². The van der Waals surface area contributed by atoms with Gasteiger partial charge in [0.05, 0.1) is 17.8 Å². The van der Waals surface area contributed by atoms with Crippen LogP contribution in [0.2, 0.25) is 0 Å². The minimum absolute atomic E-state index is 0.0610. The summed E-state index contributed by atoms with van der Waals surface area (Å²) in [6.07, 6.45) is 4.33. The van der Waals surface area contributed by atoms with Crippen molar-refractivity contribution >= 4 is 11.6 Å². The van der Waals surface area contributed by atoms with Gasteiger partial charge in [-0.2, -0.15) is 18.3 Å². The lowest BCUT2D eigenvalue weighted by molar-refractivity contribution is -0.173. The molecule has 7 heteroatoms. The first-order valence-electron chi connectivity index (χ1n) is 12.8. The van der Waals surface area contributed by atoms with Crippen LogP contribution in [-0.2, 0) is 6.42 Å². The number of ketones is 1. The zero-order valence-electron chi connectivity index (χ0n) is 19.5. The van der Waals surface area contributed by atoms with E-state index in [9.17, 15) is 18.0 Å². The second-order valence-electron chi connectivity index (χ2n) is 11.2. The van der Waals surface area contributed by atoms with Gasteiger partial charge in [0.2, 0.25) is 0 Å². The molecule has 2 heterocycles. The molecule has 2 aromatic rings. The Bertz CT molecular complexity index is 1050. The molecule has 7 rings (SSSR count). The van der Waals surface area contributed by atoms with Crippen molar-refractivity contribution in [1.82, 2.24) is 9.78 Å². The molecule has 0 spiro atoms. The van der Waals surface area contributed by atoms with E-state index in [2.05, 4.69) is 10.4 Å². The highest BCUT2D eigenvalue weighted by Crippen LogP contribution is 2.57. The molecule has 0 saturated heterocycles. The van der Waals surface area contributed by atoms with Gasteiger partial charge < -0.3 is 5.32 Å². The molecule has 1 aromatic carbocycles. The van der Waals surface area contributed by atoms with Crippen molar-refractivity contribution in [2.45, 2.75) is 76.6 Å². The van der Waals surface area contributed by atoms with Gasteiger partial charge in [-0.15, -0.1) is 0 Å². The van der Waals surface area contributed by atoms with Gasteiger partial charge in [-0.3, -0.25) is 4.79 Å². The summed E-state index contributed by atoms with van der Waals surface area (Å²) < 4.78 is 43.1. The predicted molar refractivity (Wildman–Crippen MR) is 124 cm³/mol. The molecule has 182 valence electrons. The van der Waals surface area contributed by atoms with Crippen molar-refractivity contribution in [2.75, 3.05) is 5.32 Å². The lowest BCUT2D eigenvalue weighted by Crippen LogP contribution is -2.45. The fourth-order valence-electron chi connectivity index (χ4n) is 7.67. The van der Waals surface area contributed by atoms with E-state index in [0.29, 0.717) is 29.7 Å². The largest absolute Gasteiger partial charge is 0.410 e. The molecule has 4 fully saturated rings. The van der Waals surface area contributed by atoms with E-state index in [1.165, 1.54) is 38.3 Å². The Morgan fingerprint density at radius 3 is 2.26 bits per heavy atom. The Hall–Kier alpha value is -2.31. The molecule has 0 radical (unpaired) electrons. The van der Waals surface area contributed by atoms with Crippen molar-refractivity contribution in [1.29, 1.82) is 0 Å². The van der Waals surface area contributed by atoms with Gasteiger partial charge in [-0.05, 0) is 79.2 Å². The summed E-state index contributed by atoms with van der Waals surface area (Å²) in [5.74, 6) is 3.40. The first-order chi connectivity index (χ1) is 16.3. The van der Waals surface area contributed by atoms with Gasteiger partial charge in [0.1, 0.15) is 5.82 Å². The summed E-state index contributed by atoms with van der Waals surface area (Å²) in [5, 5.41) is 7.34. The number of anilines is 1. The molecule has 4 nitrogen and oxygen atoms in total. The third-order valence-electron chi connectivity index (χ3n) is 9.17. The number of hydrogen-bond donors (Lipinski definition) is 1. The number of fused-ring (bicyclic) bond motifs is 1. The topological polar surface area (TPSA) is 46.9 Å². The smallest absolute Gasteiger partial charge is 0.363 e. The molecule has 4 bridgehead atoms. The molecule has 2 unspecified atom stereocenters. The molecule has 34 heavy (non-hydrogen) atoms. The Morgan fingerprint density at radius 1 is 1.03 bits per heavy atom. The first-order valence-corrected chi connectivity index (χ1v) is 12.8. The Morgan fingerprint density at radius 2 is 1.68 bits per heavy atom. The van der Waals surface area contributed by atoms with Gasteiger partial charge in [0.15, 0.2) is 11.8 Å². The van der Waals surface area contributed by atoms with Crippen LogP contribution in [0.3, 0.4) is 0 Å². The van der Waals surface area contributed by atoms with Crippen molar-refractivity contribution in [3.05, 3.63) is 47.2 Å². The number of benzene rings is 1. The number of rotatable bonds is 5. The average molecular weight is 472 g/mol. The summed E-state index contributed by atoms with van der Waals surface area (Å²) in [5.41, 5.74) is 2.26. The van der Waals surface area contributed by atoms with E-state index >= 15 is 0 Å². The van der Waals surface area contributed by atoms with Crippen molar-refractivity contribution in [3.8, 4) is 0 Å². The van der Waals surface area contributed by atoms with Crippen LogP contribution in [0, 0.1) is 29.6 Å². The standard InChI is InChI=1S/C27H32F3N3O/c1-2-15-3-5-18(6-4-15)23-13-25(27(28,29)30)33-26(32-23)22(14-31-33)24(34)12-21-19-8-16-7-17(10-19)11-20(21)9-16/h3-6,14,16-17,19-21,23,25,32H,2,7-13H2,1H3. The molecular formula is C27H32F3N3O. The van der Waals surface area contributed by atoms with E-state index in [0.717, 1.165) is 34.1 Å². The minimum Gasteiger partial charge on any atom is -0.363 e. The number of halogens is 3. The lowest BCUT2D eigenvalue weighted by Gasteiger charge is -2.54. The molecule has 1 N–H and O–H groups in total. The molecular weight excluding hydrogens is 439 g/mol. The number of aryl methyl sites for hydroxylation is 1. The SMILES string of the molecule is CCc1ccc(C2CC(C(F)(F)F)n3ncc(C(=O)CC4C5CC6CC(C5)CC4C6)c3N2)cc1. The lowest BCUT2D eigenvalue weighted by atomic mass is 9.51. The maximum Gasteiger partial charge on any atom is 0.410 e. The summed E-state index contributed by atoms with van der Waals surface area (Å²) in [4.78, 5) is 13.5. The van der Waals surface area contributed by atoms with E-state index in [1.807, 2.05) is 31.2 Å². The van der Waals surface area contributed by atoms with Crippen LogP contribution in [0.15, 0.2) is 30.5 Å². The van der Waals surface area contributed by atoms with Crippen molar-refractivity contribution in [2.24, 2.45) is 29.6 Å². The Labute approximate surface area is 198 Å². The highest BCUT2D eigenvalue weighted by molar-refractivity contribution is 6.00. The van der Waals surface area contributed by atoms with E-state index in [4.69, 9.17) is 0 Å². The quantitative estimate of drug-likeness (QED) is 0.491. The predicted octanol–water partition coefficient (Wildman–Crippen LogP) is 6.75. The number of hydrogen-bond acceptors (Lipinski definition) is 3. The third kappa shape index (κ3) is 3.75. The molecule has 5 aliphatic rings. The zero-order valence-corrected chi connectivity index (χ0v) is 19.5. The van der Waals surface area contributed by atoms with Crippen LogP contribution in [0.1, 0.15) is 85.4 Å². The minimum atomic E-state index is -4.44. The molecule has 4 aliphatic carbocycles. The van der Waals surface area contributed by atoms with Crippen molar-refractivity contribution < 1.29 is 18.0 Å². The fraction of sp³-hybridized carbons (Fsp3) is 0.630. The zero-order chi connectivity index (χ0) is 23.6. The van der Waals surface area contributed by atoms with Gasteiger partial charge >= 0.3 is 6.18 Å². The number of nitrogens with one attached hydrogen (secondary N) is 1. The van der Waals surface area contributed by atoms with E-state index in [1.54, 1.807) is 0 Å². The number of Topliss-reactive ketones (excluding diaryl/α,β-unsaturated/α-hetero) is 1. The normalized spacial score (nSPS) is 34.1. The van der Waals surface area contributed by atoms with Crippen LogP contribution < -0.4 is 5.32 Å².